The number of ether oxygens (including phenoxy) is 2. The molecule has 9 heteroatoms. The molecule has 1 N–H and O–H groups in total. The van der Waals surface area contributed by atoms with E-state index in [1.165, 1.54) is 37.4 Å². The Balaban J connectivity index is 1.58. The van der Waals surface area contributed by atoms with Crippen LogP contribution in [0.5, 0.6) is 17.2 Å². The van der Waals surface area contributed by atoms with E-state index in [9.17, 15) is 12.8 Å². The molecule has 1 heterocycles. The van der Waals surface area contributed by atoms with Gasteiger partial charge in [-0.05, 0) is 86.9 Å². The summed E-state index contributed by atoms with van der Waals surface area (Å²) < 4.78 is 57.2. The van der Waals surface area contributed by atoms with Crippen LogP contribution in [-0.2, 0) is 16.7 Å². The van der Waals surface area contributed by atoms with Crippen LogP contribution < -0.4 is 19.0 Å². The van der Waals surface area contributed by atoms with Crippen molar-refractivity contribution < 1.29 is 26.5 Å². The van der Waals surface area contributed by atoms with Crippen molar-refractivity contribution in [3.63, 3.8) is 0 Å². The molecule has 4 aromatic rings. The Morgan fingerprint density at radius 3 is 2.43 bits per heavy atom. The first-order valence-corrected chi connectivity index (χ1v) is 15.1. The number of fused-ring (bicyclic) bond motifs is 1. The molecule has 0 spiro atoms. The Bertz CT molecular complexity index is 1820. The minimum atomic E-state index is -4.13. The van der Waals surface area contributed by atoms with Gasteiger partial charge < -0.3 is 19.0 Å². The first-order valence-electron chi connectivity index (χ1n) is 13.3. The number of halogens is 2. The number of allylic oxidation sites excluding steroid dienone is 1. The number of methoxy groups -OCH3 is 1. The van der Waals surface area contributed by atoms with Gasteiger partial charge in [-0.2, -0.15) is 8.42 Å². The number of hydrogen-bond donors (Lipinski definition) is 1. The van der Waals surface area contributed by atoms with E-state index in [4.69, 9.17) is 25.3 Å². The SMILES string of the molecule is COc1cc(OS(=O)(=O)c2cccc(Cl)c2)ccc1-c1ccc2c(c1COc1cc(F)ccc1C)C(C)=CC(C)(C)N2. The average molecular weight is 608 g/mol. The van der Waals surface area contributed by atoms with Crippen molar-refractivity contribution in [2.75, 3.05) is 12.4 Å². The van der Waals surface area contributed by atoms with E-state index in [2.05, 4.69) is 32.2 Å². The lowest BCUT2D eigenvalue weighted by Gasteiger charge is -2.33. The number of anilines is 1. The van der Waals surface area contributed by atoms with E-state index in [1.54, 1.807) is 30.3 Å². The lowest BCUT2D eigenvalue weighted by atomic mass is 9.85. The Labute approximate surface area is 250 Å². The number of aryl methyl sites for hydroxylation is 1. The average Bonchev–Trinajstić information content (AvgIpc) is 2.92. The van der Waals surface area contributed by atoms with Gasteiger partial charge in [-0.15, -0.1) is 0 Å². The third-order valence-electron chi connectivity index (χ3n) is 7.02. The van der Waals surface area contributed by atoms with Gasteiger partial charge in [0.25, 0.3) is 0 Å². The van der Waals surface area contributed by atoms with Gasteiger partial charge >= 0.3 is 10.1 Å². The van der Waals surface area contributed by atoms with E-state index in [0.717, 1.165) is 33.5 Å². The zero-order valence-corrected chi connectivity index (χ0v) is 25.5. The van der Waals surface area contributed by atoms with Crippen molar-refractivity contribution >= 4 is 33.0 Å². The van der Waals surface area contributed by atoms with Gasteiger partial charge in [0.1, 0.15) is 34.6 Å². The molecule has 6 nitrogen and oxygen atoms in total. The maximum Gasteiger partial charge on any atom is 0.339 e. The fourth-order valence-corrected chi connectivity index (χ4v) is 6.45. The predicted molar refractivity (Wildman–Crippen MR) is 165 cm³/mol. The molecule has 1 aliphatic rings. The van der Waals surface area contributed by atoms with Gasteiger partial charge in [-0.1, -0.05) is 35.9 Å². The second-order valence-electron chi connectivity index (χ2n) is 10.7. The zero-order valence-electron chi connectivity index (χ0n) is 23.9. The highest BCUT2D eigenvalue weighted by atomic mass is 35.5. The summed E-state index contributed by atoms with van der Waals surface area (Å²) in [6.07, 6.45) is 2.16. The summed E-state index contributed by atoms with van der Waals surface area (Å²) >= 11 is 5.99. The molecule has 5 rings (SSSR count). The fourth-order valence-electron chi connectivity index (χ4n) is 5.22. The molecule has 0 aromatic heterocycles. The molecule has 42 heavy (non-hydrogen) atoms. The monoisotopic (exact) mass is 607 g/mol. The summed E-state index contributed by atoms with van der Waals surface area (Å²) in [7, 11) is -2.62. The van der Waals surface area contributed by atoms with Crippen LogP contribution in [0.4, 0.5) is 10.1 Å². The molecule has 0 bridgehead atoms. The van der Waals surface area contributed by atoms with Gasteiger partial charge in [-0.3, -0.25) is 0 Å². The summed E-state index contributed by atoms with van der Waals surface area (Å²) in [5, 5.41) is 3.85. The van der Waals surface area contributed by atoms with Crippen molar-refractivity contribution in [1.82, 2.24) is 0 Å². The molecule has 0 aliphatic carbocycles. The standard InChI is InChI=1S/C33H31ClFNO5S/c1-20-9-10-23(35)16-30(20)40-19-28-26(13-14-29-32(28)21(2)18-33(3,4)36-29)27-12-11-24(17-31(27)39-5)41-42(37,38)25-8-6-7-22(34)15-25/h6-18,36H,19H2,1-5H3. The van der Waals surface area contributed by atoms with Crippen LogP contribution in [0.25, 0.3) is 16.7 Å². The van der Waals surface area contributed by atoms with Crippen LogP contribution in [0.2, 0.25) is 5.02 Å². The molecule has 0 saturated heterocycles. The molecule has 0 amide bonds. The maximum absolute atomic E-state index is 14.0. The highest BCUT2D eigenvalue weighted by Gasteiger charge is 2.27. The number of rotatable bonds is 8. The minimum absolute atomic E-state index is 0.0579. The van der Waals surface area contributed by atoms with Crippen molar-refractivity contribution in [3.05, 3.63) is 106 Å². The van der Waals surface area contributed by atoms with Crippen molar-refractivity contribution in [1.29, 1.82) is 0 Å². The van der Waals surface area contributed by atoms with E-state index >= 15 is 0 Å². The Morgan fingerprint density at radius 2 is 1.69 bits per heavy atom. The first-order chi connectivity index (χ1) is 19.9. The molecule has 1 aliphatic heterocycles. The van der Waals surface area contributed by atoms with Crippen LogP contribution in [-0.4, -0.2) is 21.1 Å². The van der Waals surface area contributed by atoms with E-state index < -0.39 is 10.1 Å². The predicted octanol–water partition coefficient (Wildman–Crippen LogP) is 8.42. The Hall–Kier alpha value is -4.01. The molecule has 218 valence electrons. The molecule has 4 aromatic carbocycles. The maximum atomic E-state index is 14.0. The van der Waals surface area contributed by atoms with Crippen molar-refractivity contribution in [2.45, 2.75) is 44.7 Å². The lowest BCUT2D eigenvalue weighted by molar-refractivity contribution is 0.302. The summed E-state index contributed by atoms with van der Waals surface area (Å²) in [5.41, 5.74) is 5.95. The van der Waals surface area contributed by atoms with Gasteiger partial charge in [0.05, 0.1) is 12.6 Å². The quantitative estimate of drug-likeness (QED) is 0.203. The Morgan fingerprint density at radius 1 is 0.929 bits per heavy atom. The largest absolute Gasteiger partial charge is 0.496 e. The van der Waals surface area contributed by atoms with Gasteiger partial charge in [0.2, 0.25) is 0 Å². The van der Waals surface area contributed by atoms with Crippen LogP contribution in [0.3, 0.4) is 0 Å². The molecular weight excluding hydrogens is 577 g/mol. The summed E-state index contributed by atoms with van der Waals surface area (Å²) in [6, 6.07) is 19.2. The van der Waals surface area contributed by atoms with E-state index in [1.807, 2.05) is 19.1 Å². The third kappa shape index (κ3) is 6.10. The van der Waals surface area contributed by atoms with Crippen LogP contribution in [0, 0.1) is 12.7 Å². The summed E-state index contributed by atoms with van der Waals surface area (Å²) in [6.45, 7) is 8.26. The topological polar surface area (TPSA) is 73.9 Å². The lowest BCUT2D eigenvalue weighted by Crippen LogP contribution is -2.32. The fraction of sp³-hybridized carbons (Fsp3) is 0.212. The number of benzene rings is 4. The van der Waals surface area contributed by atoms with Crippen molar-refractivity contribution in [2.24, 2.45) is 0 Å². The third-order valence-corrected chi connectivity index (χ3v) is 8.50. The summed E-state index contributed by atoms with van der Waals surface area (Å²) in [4.78, 5) is -0.0579. The molecule has 0 atom stereocenters. The van der Waals surface area contributed by atoms with Gasteiger partial charge in [0, 0.05) is 39.5 Å². The second kappa shape index (κ2) is 11.3. The minimum Gasteiger partial charge on any atom is -0.496 e. The summed E-state index contributed by atoms with van der Waals surface area (Å²) in [5.74, 6) is 0.561. The van der Waals surface area contributed by atoms with Crippen LogP contribution in [0.15, 0.2) is 83.8 Å². The first kappa shape index (κ1) is 29.5. The van der Waals surface area contributed by atoms with E-state index in [-0.39, 0.29) is 33.6 Å². The van der Waals surface area contributed by atoms with Gasteiger partial charge in [0.15, 0.2) is 0 Å². The Kier molecular flexibility index (Phi) is 7.96. The smallest absolute Gasteiger partial charge is 0.339 e. The molecule has 0 fully saturated rings. The normalized spacial score (nSPS) is 13.9. The van der Waals surface area contributed by atoms with Crippen LogP contribution in [0.1, 0.15) is 37.5 Å². The zero-order chi connectivity index (χ0) is 30.2. The van der Waals surface area contributed by atoms with Gasteiger partial charge in [-0.25, -0.2) is 4.39 Å². The molecular formula is C33H31ClFNO5S. The highest BCUT2D eigenvalue weighted by Crippen LogP contribution is 2.44. The van der Waals surface area contributed by atoms with Crippen molar-refractivity contribution in [3.8, 4) is 28.4 Å². The van der Waals surface area contributed by atoms with E-state index in [0.29, 0.717) is 17.1 Å². The second-order valence-corrected chi connectivity index (χ2v) is 12.7. The highest BCUT2D eigenvalue weighted by molar-refractivity contribution is 7.87. The molecule has 0 radical (unpaired) electrons. The number of nitrogens with one attached hydrogen (secondary N) is 1. The van der Waals surface area contributed by atoms with Crippen LogP contribution >= 0.6 is 11.6 Å². The molecule has 0 saturated carbocycles. The molecule has 0 unspecified atom stereocenters. The number of hydrogen-bond acceptors (Lipinski definition) is 6.